The molecule has 0 saturated carbocycles. The van der Waals surface area contributed by atoms with E-state index in [0.29, 0.717) is 0 Å². The van der Waals surface area contributed by atoms with Gasteiger partial charge in [0.2, 0.25) is 0 Å². The Kier molecular flexibility index (Phi) is 8.01. The predicted molar refractivity (Wildman–Crippen MR) is 90.9 cm³/mol. The van der Waals surface area contributed by atoms with Gasteiger partial charge in [-0.2, -0.15) is 0 Å². The highest BCUT2D eigenvalue weighted by Crippen LogP contribution is 2.16. The van der Waals surface area contributed by atoms with Crippen LogP contribution in [0.3, 0.4) is 0 Å². The Morgan fingerprint density at radius 2 is 1.33 bits per heavy atom. The van der Waals surface area contributed by atoms with Crippen molar-refractivity contribution in [1.82, 2.24) is 20.4 Å². The second-order valence-corrected chi connectivity index (χ2v) is 6.91. The first-order valence-corrected chi connectivity index (χ1v) is 9.17. The number of nitrogens with zero attached hydrogens (tertiary/aromatic N) is 2. The van der Waals surface area contributed by atoms with Gasteiger partial charge < -0.3 is 15.5 Å². The van der Waals surface area contributed by atoms with E-state index >= 15 is 0 Å². The largest absolute Gasteiger partial charge is 0.315 e. The molecule has 0 amide bonds. The molecule has 2 aliphatic rings. The average molecular weight is 297 g/mol. The zero-order valence-corrected chi connectivity index (χ0v) is 14.2. The Morgan fingerprint density at radius 1 is 0.762 bits per heavy atom. The molecule has 21 heavy (non-hydrogen) atoms. The Balaban J connectivity index is 1.34. The highest BCUT2D eigenvalue weighted by molar-refractivity contribution is 4.76. The number of hydrogen-bond acceptors (Lipinski definition) is 4. The van der Waals surface area contributed by atoms with Gasteiger partial charge in [-0.25, -0.2) is 0 Å². The van der Waals surface area contributed by atoms with Crippen LogP contribution in [-0.4, -0.2) is 74.2 Å². The van der Waals surface area contributed by atoms with Crippen molar-refractivity contribution in [2.75, 3.05) is 52.4 Å². The third kappa shape index (κ3) is 6.23. The maximum absolute atomic E-state index is 3.56. The standard InChI is InChI=1S/C17H36N4/c1-16-6-3-12-20(16)14-5-8-18-9-10-19-11-15-21-13-4-7-17(21)2/h16-19H,3-15H2,1-2H3/t16-,17-/m0/s1. The number of likely N-dealkylation sites (tertiary alicyclic amines) is 2. The summed E-state index contributed by atoms with van der Waals surface area (Å²) in [5.74, 6) is 0. The minimum atomic E-state index is 0.804. The van der Waals surface area contributed by atoms with Gasteiger partial charge in [0.15, 0.2) is 0 Å². The highest BCUT2D eigenvalue weighted by atomic mass is 15.2. The van der Waals surface area contributed by atoms with Crippen molar-refractivity contribution < 1.29 is 0 Å². The molecule has 124 valence electrons. The zero-order valence-electron chi connectivity index (χ0n) is 14.2. The van der Waals surface area contributed by atoms with E-state index < -0.39 is 0 Å². The van der Waals surface area contributed by atoms with Crippen LogP contribution in [0.5, 0.6) is 0 Å². The molecular weight excluding hydrogens is 260 g/mol. The van der Waals surface area contributed by atoms with Crippen LogP contribution in [0, 0.1) is 0 Å². The Labute approximate surface area is 131 Å². The van der Waals surface area contributed by atoms with Crippen molar-refractivity contribution in [2.45, 2.75) is 58.0 Å². The molecule has 2 aliphatic heterocycles. The van der Waals surface area contributed by atoms with Gasteiger partial charge in [0.25, 0.3) is 0 Å². The SMILES string of the molecule is C[C@H]1CCCN1CCCNCCNCCN1CCC[C@@H]1C. The van der Waals surface area contributed by atoms with Gasteiger partial charge >= 0.3 is 0 Å². The van der Waals surface area contributed by atoms with E-state index in [0.717, 1.165) is 38.3 Å². The lowest BCUT2D eigenvalue weighted by atomic mass is 10.2. The maximum Gasteiger partial charge on any atom is 0.0110 e. The molecular formula is C17H36N4. The van der Waals surface area contributed by atoms with E-state index in [2.05, 4.69) is 34.3 Å². The molecule has 0 radical (unpaired) electrons. The highest BCUT2D eigenvalue weighted by Gasteiger charge is 2.19. The first kappa shape index (κ1) is 17.2. The fraction of sp³-hybridized carbons (Fsp3) is 1.00. The first-order chi connectivity index (χ1) is 10.3. The molecule has 2 atom stereocenters. The van der Waals surface area contributed by atoms with Crippen molar-refractivity contribution in [1.29, 1.82) is 0 Å². The molecule has 2 rings (SSSR count). The molecule has 0 aromatic carbocycles. The zero-order chi connectivity index (χ0) is 14.9. The molecule has 0 bridgehead atoms. The third-order valence-corrected chi connectivity index (χ3v) is 5.23. The van der Waals surface area contributed by atoms with Crippen LogP contribution in [0.2, 0.25) is 0 Å². The Bertz CT molecular complexity index is 246. The summed E-state index contributed by atoms with van der Waals surface area (Å²) >= 11 is 0. The van der Waals surface area contributed by atoms with E-state index in [1.54, 1.807) is 0 Å². The molecule has 2 heterocycles. The summed E-state index contributed by atoms with van der Waals surface area (Å²) in [4.78, 5) is 5.24. The van der Waals surface area contributed by atoms with E-state index in [4.69, 9.17) is 0 Å². The topological polar surface area (TPSA) is 30.5 Å². The van der Waals surface area contributed by atoms with Crippen LogP contribution in [0.1, 0.15) is 46.0 Å². The van der Waals surface area contributed by atoms with Crippen LogP contribution in [-0.2, 0) is 0 Å². The predicted octanol–water partition coefficient (Wildman–Crippen LogP) is 1.52. The van der Waals surface area contributed by atoms with Crippen LogP contribution in [0.4, 0.5) is 0 Å². The van der Waals surface area contributed by atoms with Crippen molar-refractivity contribution in [2.24, 2.45) is 0 Å². The summed E-state index contributed by atoms with van der Waals surface area (Å²) in [5.41, 5.74) is 0. The molecule has 2 N–H and O–H groups in total. The molecule has 0 spiro atoms. The number of rotatable bonds is 10. The van der Waals surface area contributed by atoms with Gasteiger partial charge in [0, 0.05) is 38.3 Å². The summed E-state index contributed by atoms with van der Waals surface area (Å²) in [6.07, 6.45) is 6.85. The monoisotopic (exact) mass is 296 g/mol. The lowest BCUT2D eigenvalue weighted by Crippen LogP contribution is -2.37. The van der Waals surface area contributed by atoms with Crippen LogP contribution >= 0.6 is 0 Å². The molecule has 0 aliphatic carbocycles. The van der Waals surface area contributed by atoms with Crippen LogP contribution in [0.25, 0.3) is 0 Å². The summed E-state index contributed by atoms with van der Waals surface area (Å²) in [6, 6.07) is 1.62. The van der Waals surface area contributed by atoms with E-state index in [9.17, 15) is 0 Å². The van der Waals surface area contributed by atoms with Gasteiger partial charge in [-0.1, -0.05) is 0 Å². The van der Waals surface area contributed by atoms with E-state index in [1.807, 2.05) is 0 Å². The maximum atomic E-state index is 3.56. The van der Waals surface area contributed by atoms with Gasteiger partial charge in [-0.05, 0) is 72.1 Å². The van der Waals surface area contributed by atoms with Crippen molar-refractivity contribution in [3.05, 3.63) is 0 Å². The molecule has 4 heteroatoms. The summed E-state index contributed by atoms with van der Waals surface area (Å²) in [5, 5.41) is 7.12. The van der Waals surface area contributed by atoms with E-state index in [1.165, 1.54) is 58.3 Å². The fourth-order valence-electron chi connectivity index (χ4n) is 3.71. The fourth-order valence-corrected chi connectivity index (χ4v) is 3.71. The van der Waals surface area contributed by atoms with Crippen molar-refractivity contribution >= 4 is 0 Å². The quantitative estimate of drug-likeness (QED) is 0.599. The number of hydrogen-bond donors (Lipinski definition) is 2. The molecule has 4 nitrogen and oxygen atoms in total. The van der Waals surface area contributed by atoms with Crippen molar-refractivity contribution in [3.8, 4) is 0 Å². The number of nitrogens with one attached hydrogen (secondary N) is 2. The van der Waals surface area contributed by atoms with Gasteiger partial charge in [0.05, 0.1) is 0 Å². The normalized spacial score (nSPS) is 27.7. The summed E-state index contributed by atoms with van der Waals surface area (Å²) in [6.45, 7) is 14.3. The van der Waals surface area contributed by atoms with Gasteiger partial charge in [-0.3, -0.25) is 4.90 Å². The molecule has 0 unspecified atom stereocenters. The lowest BCUT2D eigenvalue weighted by Gasteiger charge is -2.21. The molecule has 2 fully saturated rings. The second-order valence-electron chi connectivity index (χ2n) is 6.91. The van der Waals surface area contributed by atoms with Gasteiger partial charge in [-0.15, -0.1) is 0 Å². The minimum absolute atomic E-state index is 0.804. The van der Waals surface area contributed by atoms with Gasteiger partial charge in [0.1, 0.15) is 0 Å². The molecule has 0 aromatic heterocycles. The smallest absolute Gasteiger partial charge is 0.0110 e. The van der Waals surface area contributed by atoms with Crippen LogP contribution < -0.4 is 10.6 Å². The lowest BCUT2D eigenvalue weighted by molar-refractivity contribution is 0.263. The van der Waals surface area contributed by atoms with Crippen LogP contribution in [0.15, 0.2) is 0 Å². The van der Waals surface area contributed by atoms with E-state index in [-0.39, 0.29) is 0 Å². The summed E-state index contributed by atoms with van der Waals surface area (Å²) in [7, 11) is 0. The minimum Gasteiger partial charge on any atom is -0.315 e. The second kappa shape index (κ2) is 9.78. The first-order valence-electron chi connectivity index (χ1n) is 9.17. The Hall–Kier alpha value is -0.160. The molecule has 0 aromatic rings. The average Bonchev–Trinajstić information content (AvgIpc) is 3.06. The van der Waals surface area contributed by atoms with Crippen molar-refractivity contribution in [3.63, 3.8) is 0 Å². The molecule has 2 saturated heterocycles. The Morgan fingerprint density at radius 3 is 1.90 bits per heavy atom. The summed E-state index contributed by atoms with van der Waals surface area (Å²) < 4.78 is 0. The third-order valence-electron chi connectivity index (χ3n) is 5.23.